The first-order chi connectivity index (χ1) is 9.52. The second-order valence-electron chi connectivity index (χ2n) is 3.99. The third-order valence-electron chi connectivity index (χ3n) is 2.69. The number of nitriles is 1. The van der Waals surface area contributed by atoms with Gasteiger partial charge in [0, 0.05) is 11.8 Å². The van der Waals surface area contributed by atoms with Crippen molar-refractivity contribution in [2.24, 2.45) is 11.5 Å². The summed E-state index contributed by atoms with van der Waals surface area (Å²) in [6.45, 7) is 0. The average molecular weight is 269 g/mol. The molecule has 1 aromatic carbocycles. The Morgan fingerprint density at radius 3 is 2.60 bits per heavy atom. The number of nitrogens with two attached hydrogens (primary N) is 2. The molecule has 0 unspecified atom stereocenters. The summed E-state index contributed by atoms with van der Waals surface area (Å²) in [6.07, 6.45) is 1.56. The summed E-state index contributed by atoms with van der Waals surface area (Å²) in [5.41, 5.74) is 12.3. The van der Waals surface area contributed by atoms with Crippen molar-refractivity contribution < 1.29 is 9.59 Å². The lowest BCUT2D eigenvalue weighted by molar-refractivity contribution is 0.100. The number of aromatic nitrogens is 1. The molecule has 0 bridgehead atoms. The third kappa shape index (κ3) is 2.44. The molecule has 0 spiro atoms. The summed E-state index contributed by atoms with van der Waals surface area (Å²) < 4.78 is 0. The maximum absolute atomic E-state index is 11.4. The lowest BCUT2D eigenvalue weighted by Gasteiger charge is -2.10. The van der Waals surface area contributed by atoms with Crippen LogP contribution in [0.5, 0.6) is 0 Å². The minimum absolute atomic E-state index is 0.280. The van der Waals surface area contributed by atoms with Crippen molar-refractivity contribution in [3.63, 3.8) is 0 Å². The largest absolute Gasteiger partial charge is 0.366 e. The van der Waals surface area contributed by atoms with Gasteiger partial charge in [-0.2, -0.15) is 5.26 Å². The Morgan fingerprint density at radius 1 is 1.25 bits per heavy atom. The summed E-state index contributed by atoms with van der Waals surface area (Å²) in [6, 6.07) is 7.34. The molecule has 0 aliphatic rings. The highest BCUT2D eigenvalue weighted by molar-refractivity contribution is 6.02. The van der Waals surface area contributed by atoms with E-state index in [9.17, 15) is 9.59 Å². The highest BCUT2D eigenvalue weighted by Crippen LogP contribution is 2.30. The van der Waals surface area contributed by atoms with Crippen molar-refractivity contribution in [1.29, 1.82) is 5.26 Å². The Hall–Kier alpha value is -3.27. The van der Waals surface area contributed by atoms with Gasteiger partial charge in [0.15, 0.2) is 0 Å². The van der Waals surface area contributed by atoms with Gasteiger partial charge >= 0.3 is 6.03 Å². The van der Waals surface area contributed by atoms with Gasteiger partial charge in [-0.25, -0.2) is 4.79 Å². The normalized spacial score (nSPS) is 9.75. The van der Waals surface area contributed by atoms with Gasteiger partial charge in [-0.1, -0.05) is 0 Å². The number of urea groups is 1. The van der Waals surface area contributed by atoms with Crippen LogP contribution in [-0.4, -0.2) is 16.9 Å². The molecule has 0 radical (unpaired) electrons. The van der Waals surface area contributed by atoms with E-state index < -0.39 is 11.9 Å². The summed E-state index contributed by atoms with van der Waals surface area (Å²) in [5, 5.41) is 11.3. The maximum atomic E-state index is 11.4. The first kappa shape index (κ1) is 13.2. The molecule has 0 aliphatic heterocycles. The Morgan fingerprint density at radius 2 is 2.00 bits per heavy atom. The summed E-state index contributed by atoms with van der Waals surface area (Å²) in [7, 11) is 0. The number of amides is 3. The zero-order valence-corrected chi connectivity index (χ0v) is 10.3. The number of carbonyl (C=O) groups is 2. The van der Waals surface area contributed by atoms with E-state index in [4.69, 9.17) is 16.7 Å². The molecule has 7 nitrogen and oxygen atoms in total. The number of rotatable bonds is 3. The molecule has 3 amide bonds. The highest BCUT2D eigenvalue weighted by Gasteiger charge is 2.15. The van der Waals surface area contributed by atoms with Crippen LogP contribution in [0.1, 0.15) is 15.9 Å². The lowest BCUT2D eigenvalue weighted by Crippen LogP contribution is -2.20. The smallest absolute Gasteiger partial charge is 0.316 e. The van der Waals surface area contributed by atoms with E-state index in [2.05, 4.69) is 10.3 Å². The molecule has 20 heavy (non-hydrogen) atoms. The summed E-state index contributed by atoms with van der Waals surface area (Å²) in [4.78, 5) is 25.3. The van der Waals surface area contributed by atoms with E-state index in [1.54, 1.807) is 18.3 Å². The fraction of sp³-hybridized carbons (Fsp3) is 0. The van der Waals surface area contributed by atoms with Crippen molar-refractivity contribution in [1.82, 2.24) is 4.98 Å². The van der Waals surface area contributed by atoms with Crippen LogP contribution in [-0.2, 0) is 0 Å². The van der Waals surface area contributed by atoms with E-state index in [1.165, 1.54) is 12.1 Å². The number of nitrogens with one attached hydrogen (secondary N) is 2. The SMILES string of the molecule is N#Cc1ccc(-c2[nH]ccc2C(N)=O)c(NC(N)=O)c1. The first-order valence-electron chi connectivity index (χ1n) is 5.61. The average Bonchev–Trinajstić information content (AvgIpc) is 2.87. The zero-order valence-electron chi connectivity index (χ0n) is 10.3. The Labute approximate surface area is 114 Å². The third-order valence-corrected chi connectivity index (χ3v) is 2.69. The summed E-state index contributed by atoms with van der Waals surface area (Å²) >= 11 is 0. The Kier molecular flexibility index (Phi) is 3.39. The van der Waals surface area contributed by atoms with Crippen LogP contribution in [0.4, 0.5) is 10.5 Å². The Balaban J connectivity index is 2.61. The topological polar surface area (TPSA) is 138 Å². The highest BCUT2D eigenvalue weighted by atomic mass is 16.2. The van der Waals surface area contributed by atoms with Gasteiger partial charge in [0.2, 0.25) is 0 Å². The fourth-order valence-corrected chi connectivity index (χ4v) is 1.87. The molecule has 100 valence electrons. The number of nitrogens with zero attached hydrogens (tertiary/aromatic N) is 1. The molecule has 0 atom stereocenters. The monoisotopic (exact) mass is 269 g/mol. The summed E-state index contributed by atoms with van der Waals surface area (Å²) in [5.74, 6) is -0.601. The van der Waals surface area contributed by atoms with E-state index in [0.717, 1.165) is 0 Å². The molecule has 2 aromatic rings. The molecule has 2 rings (SSSR count). The Bertz CT molecular complexity index is 727. The number of hydrogen-bond acceptors (Lipinski definition) is 3. The quantitative estimate of drug-likeness (QED) is 0.664. The fourth-order valence-electron chi connectivity index (χ4n) is 1.87. The van der Waals surface area contributed by atoms with Gasteiger partial charge in [0.05, 0.1) is 28.6 Å². The number of H-pyrrole nitrogens is 1. The molecule has 0 fully saturated rings. The molecule has 6 N–H and O–H groups in total. The van der Waals surface area contributed by atoms with Gasteiger partial charge < -0.3 is 21.8 Å². The van der Waals surface area contributed by atoms with Crippen LogP contribution in [0.15, 0.2) is 30.5 Å². The number of benzene rings is 1. The number of primary amides is 2. The molecule has 7 heteroatoms. The van der Waals surface area contributed by atoms with Crippen molar-refractivity contribution in [3.8, 4) is 17.3 Å². The molecule has 1 heterocycles. The molecule has 0 saturated carbocycles. The lowest BCUT2D eigenvalue weighted by atomic mass is 10.0. The van der Waals surface area contributed by atoms with Crippen LogP contribution >= 0.6 is 0 Å². The van der Waals surface area contributed by atoms with Crippen LogP contribution in [0, 0.1) is 11.3 Å². The van der Waals surface area contributed by atoms with E-state index in [0.29, 0.717) is 22.5 Å². The standard InChI is InChI=1S/C13H11N5O2/c14-6-7-1-2-8(10(5-7)18-13(16)20)11-9(12(15)19)3-4-17-11/h1-5,17H,(H2,15,19)(H3,16,18,20). The van der Waals surface area contributed by atoms with Crippen LogP contribution in [0.2, 0.25) is 0 Å². The molecule has 0 aliphatic carbocycles. The minimum atomic E-state index is -0.770. The van der Waals surface area contributed by atoms with Gasteiger partial charge in [-0.3, -0.25) is 4.79 Å². The maximum Gasteiger partial charge on any atom is 0.316 e. The predicted octanol–water partition coefficient (Wildman–Crippen LogP) is 1.14. The van der Waals surface area contributed by atoms with Crippen LogP contribution in [0.3, 0.4) is 0 Å². The van der Waals surface area contributed by atoms with Crippen molar-refractivity contribution in [2.75, 3.05) is 5.32 Å². The van der Waals surface area contributed by atoms with Crippen LogP contribution in [0.25, 0.3) is 11.3 Å². The molecule has 0 saturated heterocycles. The van der Waals surface area contributed by atoms with E-state index >= 15 is 0 Å². The predicted molar refractivity (Wildman–Crippen MR) is 72.7 cm³/mol. The van der Waals surface area contributed by atoms with Crippen molar-refractivity contribution in [2.45, 2.75) is 0 Å². The van der Waals surface area contributed by atoms with Gasteiger partial charge in [0.25, 0.3) is 5.91 Å². The molecule has 1 aromatic heterocycles. The van der Waals surface area contributed by atoms with Gasteiger partial charge in [0.1, 0.15) is 0 Å². The zero-order chi connectivity index (χ0) is 14.7. The van der Waals surface area contributed by atoms with Crippen LogP contribution < -0.4 is 16.8 Å². The van der Waals surface area contributed by atoms with Gasteiger partial charge in [-0.05, 0) is 24.3 Å². The van der Waals surface area contributed by atoms with Gasteiger partial charge in [-0.15, -0.1) is 0 Å². The number of aromatic amines is 1. The second kappa shape index (κ2) is 5.16. The number of hydrogen-bond donors (Lipinski definition) is 4. The minimum Gasteiger partial charge on any atom is -0.366 e. The van der Waals surface area contributed by atoms with Crippen molar-refractivity contribution in [3.05, 3.63) is 41.6 Å². The molecular weight excluding hydrogens is 258 g/mol. The number of anilines is 1. The molecular formula is C13H11N5O2. The van der Waals surface area contributed by atoms with Crippen molar-refractivity contribution >= 4 is 17.6 Å². The second-order valence-corrected chi connectivity index (χ2v) is 3.99. The van der Waals surface area contributed by atoms with E-state index in [1.807, 2.05) is 6.07 Å². The number of carbonyl (C=O) groups excluding carboxylic acids is 2. The first-order valence-corrected chi connectivity index (χ1v) is 5.61. The van der Waals surface area contributed by atoms with E-state index in [-0.39, 0.29) is 5.56 Å².